The van der Waals surface area contributed by atoms with Crippen molar-refractivity contribution in [1.29, 1.82) is 0 Å². The minimum atomic E-state index is 0.0615. The fourth-order valence-corrected chi connectivity index (χ4v) is 3.59. The number of hydrogen-bond donors (Lipinski definition) is 2. The fourth-order valence-electron chi connectivity index (χ4n) is 3.59. The van der Waals surface area contributed by atoms with Crippen molar-refractivity contribution in [3.05, 3.63) is 17.7 Å². The summed E-state index contributed by atoms with van der Waals surface area (Å²) in [5, 5.41) is 6.57. The van der Waals surface area contributed by atoms with E-state index in [9.17, 15) is 4.79 Å². The Bertz CT molecular complexity index is 559. The number of aryl methyl sites for hydroxylation is 1. The molecule has 0 radical (unpaired) electrons. The number of benzene rings is 1. The number of amides is 1. The van der Waals surface area contributed by atoms with Crippen molar-refractivity contribution in [2.45, 2.75) is 57.4 Å². The Labute approximate surface area is 163 Å². The third kappa shape index (κ3) is 6.94. The number of methoxy groups -OCH3 is 3. The van der Waals surface area contributed by atoms with Gasteiger partial charge < -0.3 is 24.8 Å². The van der Waals surface area contributed by atoms with Crippen LogP contribution in [0.25, 0.3) is 0 Å². The molecule has 1 aromatic rings. The minimum Gasteiger partial charge on any atom is -0.493 e. The van der Waals surface area contributed by atoms with Crippen LogP contribution in [-0.4, -0.2) is 46.4 Å². The molecule has 2 N–H and O–H groups in total. The number of carbonyl (C=O) groups is 1. The number of rotatable bonds is 10. The number of ether oxygens (including phenoxy) is 3. The molecule has 1 fully saturated rings. The van der Waals surface area contributed by atoms with Crippen LogP contribution in [-0.2, 0) is 11.2 Å². The Kier molecular flexibility index (Phi) is 9.25. The highest BCUT2D eigenvalue weighted by atomic mass is 16.5. The number of hydrogen-bond acceptors (Lipinski definition) is 5. The Hall–Kier alpha value is -1.95. The topological polar surface area (TPSA) is 68.8 Å². The summed E-state index contributed by atoms with van der Waals surface area (Å²) >= 11 is 0. The van der Waals surface area contributed by atoms with Crippen LogP contribution in [0.4, 0.5) is 0 Å². The molecule has 0 spiro atoms. The van der Waals surface area contributed by atoms with Crippen molar-refractivity contribution in [2.75, 3.05) is 34.4 Å². The van der Waals surface area contributed by atoms with Gasteiger partial charge in [0.1, 0.15) is 0 Å². The van der Waals surface area contributed by atoms with Crippen LogP contribution in [0.3, 0.4) is 0 Å². The highest BCUT2D eigenvalue weighted by Crippen LogP contribution is 2.38. The van der Waals surface area contributed by atoms with Gasteiger partial charge in [-0.15, -0.1) is 0 Å². The van der Waals surface area contributed by atoms with E-state index in [2.05, 4.69) is 10.6 Å². The van der Waals surface area contributed by atoms with Crippen LogP contribution in [0.5, 0.6) is 17.2 Å². The average molecular weight is 379 g/mol. The van der Waals surface area contributed by atoms with Crippen molar-refractivity contribution in [3.63, 3.8) is 0 Å². The summed E-state index contributed by atoms with van der Waals surface area (Å²) in [6.45, 7) is 1.51. The lowest BCUT2D eigenvalue weighted by Crippen LogP contribution is -2.36. The molecule has 0 aliphatic heterocycles. The molecule has 1 saturated carbocycles. The Morgan fingerprint density at radius 3 is 2.15 bits per heavy atom. The summed E-state index contributed by atoms with van der Waals surface area (Å²) in [6.07, 6.45) is 8.92. The standard InChI is InChI=1S/C21H34N2O4/c1-25-18-14-16(15-19(26-2)21(18)27-3)10-11-20(24)23-13-12-22-17-8-6-4-5-7-9-17/h14-15,17,22H,4-13H2,1-3H3,(H,23,24). The molecule has 6 heteroatoms. The van der Waals surface area contributed by atoms with E-state index in [-0.39, 0.29) is 5.91 Å². The van der Waals surface area contributed by atoms with Crippen LogP contribution in [0.2, 0.25) is 0 Å². The zero-order valence-corrected chi connectivity index (χ0v) is 16.9. The van der Waals surface area contributed by atoms with Crippen LogP contribution < -0.4 is 24.8 Å². The Morgan fingerprint density at radius 2 is 1.59 bits per heavy atom. The summed E-state index contributed by atoms with van der Waals surface area (Å²) in [5.74, 6) is 1.85. The lowest BCUT2D eigenvalue weighted by atomic mass is 10.1. The minimum absolute atomic E-state index is 0.0615. The first-order valence-corrected chi connectivity index (χ1v) is 9.97. The summed E-state index contributed by atoms with van der Waals surface area (Å²) in [7, 11) is 4.76. The molecule has 2 rings (SSSR count). The zero-order valence-electron chi connectivity index (χ0n) is 16.9. The molecule has 1 aromatic carbocycles. The van der Waals surface area contributed by atoms with E-state index >= 15 is 0 Å². The number of carbonyl (C=O) groups excluding carboxylic acids is 1. The molecule has 1 aliphatic rings. The lowest BCUT2D eigenvalue weighted by Gasteiger charge is -2.16. The van der Waals surface area contributed by atoms with Crippen molar-refractivity contribution < 1.29 is 19.0 Å². The van der Waals surface area contributed by atoms with Gasteiger partial charge in [-0.25, -0.2) is 0 Å². The molecule has 0 saturated heterocycles. The van der Waals surface area contributed by atoms with Gasteiger partial charge in [0.25, 0.3) is 0 Å². The SMILES string of the molecule is COc1cc(CCC(=O)NCCNC2CCCCCC2)cc(OC)c1OC. The largest absolute Gasteiger partial charge is 0.493 e. The molecule has 0 bridgehead atoms. The summed E-state index contributed by atoms with van der Waals surface area (Å²) in [6, 6.07) is 4.40. The van der Waals surface area contributed by atoms with Crippen molar-refractivity contribution >= 4 is 5.91 Å². The summed E-state index contributed by atoms with van der Waals surface area (Å²) < 4.78 is 16.0. The molecular weight excluding hydrogens is 344 g/mol. The van der Waals surface area contributed by atoms with E-state index in [4.69, 9.17) is 14.2 Å². The third-order valence-electron chi connectivity index (χ3n) is 5.10. The van der Waals surface area contributed by atoms with Gasteiger partial charge in [0.05, 0.1) is 21.3 Å². The maximum atomic E-state index is 12.1. The first-order chi connectivity index (χ1) is 13.2. The molecule has 1 aliphatic carbocycles. The highest BCUT2D eigenvalue weighted by Gasteiger charge is 2.14. The summed E-state index contributed by atoms with van der Waals surface area (Å²) in [5.41, 5.74) is 0.983. The first-order valence-electron chi connectivity index (χ1n) is 9.97. The van der Waals surface area contributed by atoms with Gasteiger partial charge in [-0.3, -0.25) is 4.79 Å². The van der Waals surface area contributed by atoms with Gasteiger partial charge in [-0.2, -0.15) is 0 Å². The van der Waals surface area contributed by atoms with Crippen LogP contribution in [0, 0.1) is 0 Å². The molecule has 0 atom stereocenters. The second-order valence-corrected chi connectivity index (χ2v) is 7.03. The highest BCUT2D eigenvalue weighted by molar-refractivity contribution is 5.76. The van der Waals surface area contributed by atoms with Gasteiger partial charge >= 0.3 is 0 Å². The van der Waals surface area contributed by atoms with E-state index in [0.717, 1.165) is 12.1 Å². The molecule has 6 nitrogen and oxygen atoms in total. The second kappa shape index (κ2) is 11.7. The van der Waals surface area contributed by atoms with Gasteiger partial charge in [0.2, 0.25) is 11.7 Å². The quantitative estimate of drug-likeness (QED) is 0.484. The number of nitrogens with one attached hydrogen (secondary N) is 2. The lowest BCUT2D eigenvalue weighted by molar-refractivity contribution is -0.121. The molecular formula is C21H34N2O4. The molecule has 0 aromatic heterocycles. The predicted molar refractivity (Wildman–Crippen MR) is 107 cm³/mol. The Morgan fingerprint density at radius 1 is 0.963 bits per heavy atom. The monoisotopic (exact) mass is 378 g/mol. The zero-order chi connectivity index (χ0) is 19.5. The normalized spacial score (nSPS) is 15.1. The maximum absolute atomic E-state index is 12.1. The van der Waals surface area contributed by atoms with Gasteiger partial charge in [0.15, 0.2) is 11.5 Å². The second-order valence-electron chi connectivity index (χ2n) is 7.03. The molecule has 27 heavy (non-hydrogen) atoms. The Balaban J connectivity index is 1.73. The van der Waals surface area contributed by atoms with E-state index < -0.39 is 0 Å². The maximum Gasteiger partial charge on any atom is 0.220 e. The van der Waals surface area contributed by atoms with Gasteiger partial charge in [-0.05, 0) is 37.0 Å². The van der Waals surface area contributed by atoms with E-state index in [1.165, 1.54) is 38.5 Å². The molecule has 0 heterocycles. The van der Waals surface area contributed by atoms with Crippen molar-refractivity contribution in [1.82, 2.24) is 10.6 Å². The summed E-state index contributed by atoms with van der Waals surface area (Å²) in [4.78, 5) is 12.1. The van der Waals surface area contributed by atoms with Crippen molar-refractivity contribution in [2.24, 2.45) is 0 Å². The predicted octanol–water partition coefficient (Wildman–Crippen LogP) is 3.07. The van der Waals surface area contributed by atoms with Crippen molar-refractivity contribution in [3.8, 4) is 17.2 Å². The smallest absolute Gasteiger partial charge is 0.220 e. The van der Waals surface area contributed by atoms with Gasteiger partial charge in [-0.1, -0.05) is 25.7 Å². The van der Waals surface area contributed by atoms with E-state index in [0.29, 0.717) is 42.7 Å². The molecule has 0 unspecified atom stereocenters. The van der Waals surface area contributed by atoms with E-state index in [1.807, 2.05) is 12.1 Å². The third-order valence-corrected chi connectivity index (χ3v) is 5.10. The van der Waals surface area contributed by atoms with E-state index in [1.54, 1.807) is 21.3 Å². The van der Waals surface area contributed by atoms with Crippen LogP contribution in [0.15, 0.2) is 12.1 Å². The van der Waals surface area contributed by atoms with Crippen LogP contribution >= 0.6 is 0 Å². The molecule has 1 amide bonds. The van der Waals surface area contributed by atoms with Gasteiger partial charge in [0, 0.05) is 25.6 Å². The van der Waals surface area contributed by atoms with Crippen LogP contribution in [0.1, 0.15) is 50.5 Å². The average Bonchev–Trinajstić information content (AvgIpc) is 2.97. The first kappa shape index (κ1) is 21.4. The fraction of sp³-hybridized carbons (Fsp3) is 0.667. The molecule has 152 valence electrons.